The van der Waals surface area contributed by atoms with E-state index in [4.69, 9.17) is 0 Å². The van der Waals surface area contributed by atoms with Crippen LogP contribution in [0.5, 0.6) is 0 Å². The zero-order chi connectivity index (χ0) is 18.3. The number of para-hydroxylation sites is 1. The predicted molar refractivity (Wildman–Crippen MR) is 111 cm³/mol. The molecule has 1 aliphatic carbocycles. The van der Waals surface area contributed by atoms with Crippen LogP contribution in [0.25, 0.3) is 22.2 Å². The molecule has 1 nitrogen and oxygen atoms in total. The molecule has 1 aliphatic rings. The lowest BCUT2D eigenvalue weighted by molar-refractivity contribution is -0.633. The molecule has 0 amide bonds. The Bertz CT molecular complexity index is 962. The van der Waals surface area contributed by atoms with Gasteiger partial charge in [-0.1, -0.05) is 43.0 Å². The molecule has 0 saturated heterocycles. The van der Waals surface area contributed by atoms with E-state index in [1.54, 1.807) is 5.56 Å². The molecule has 3 aromatic rings. The summed E-state index contributed by atoms with van der Waals surface area (Å²) in [5.74, 6) is 0.708. The van der Waals surface area contributed by atoms with Crippen LogP contribution in [0.1, 0.15) is 60.3 Å². The number of fused-ring (bicyclic) bond motifs is 1. The Morgan fingerprint density at radius 2 is 1.62 bits per heavy atom. The van der Waals surface area contributed by atoms with Crippen molar-refractivity contribution >= 4 is 10.9 Å². The first kappa shape index (κ1) is 17.3. The zero-order valence-corrected chi connectivity index (χ0v) is 16.6. The van der Waals surface area contributed by atoms with Gasteiger partial charge in [0.2, 0.25) is 11.2 Å². The van der Waals surface area contributed by atoms with E-state index in [-0.39, 0.29) is 0 Å². The van der Waals surface area contributed by atoms with Gasteiger partial charge >= 0.3 is 0 Å². The fourth-order valence-corrected chi connectivity index (χ4v) is 4.78. The summed E-state index contributed by atoms with van der Waals surface area (Å²) in [6.45, 7) is 6.70. The molecule has 2 aromatic carbocycles. The average Bonchev–Trinajstić information content (AvgIpc) is 2.66. The standard InChI is InChI=1S/C25H30N/c1-17-14-18(2)19(3)22(15-17)25-16-23(20-10-6-5-7-11-20)21-12-8-9-13-24(21)26(25)4/h8-9,12-16,20H,5-7,10-11H2,1-4H3/q+1. The normalized spacial score (nSPS) is 15.5. The first-order chi connectivity index (χ1) is 12.6. The van der Waals surface area contributed by atoms with Crippen LogP contribution in [0, 0.1) is 20.8 Å². The second-order valence-electron chi connectivity index (χ2n) is 8.15. The van der Waals surface area contributed by atoms with Gasteiger partial charge in [-0.3, -0.25) is 0 Å². The Labute approximate surface area is 157 Å². The number of aromatic nitrogens is 1. The Morgan fingerprint density at radius 3 is 2.38 bits per heavy atom. The minimum atomic E-state index is 0.708. The van der Waals surface area contributed by atoms with Gasteiger partial charge < -0.3 is 0 Å². The quantitative estimate of drug-likeness (QED) is 0.480. The molecule has 0 unspecified atom stereocenters. The molecule has 1 saturated carbocycles. The highest BCUT2D eigenvalue weighted by Crippen LogP contribution is 2.38. The lowest BCUT2D eigenvalue weighted by atomic mass is 9.82. The molecular formula is C25H30N+. The molecule has 0 bridgehead atoms. The monoisotopic (exact) mass is 344 g/mol. The van der Waals surface area contributed by atoms with Crippen molar-refractivity contribution in [3.05, 3.63) is 64.7 Å². The molecule has 1 aromatic heterocycles. The number of pyridine rings is 1. The van der Waals surface area contributed by atoms with E-state index >= 15 is 0 Å². The van der Waals surface area contributed by atoms with Crippen molar-refractivity contribution in [1.82, 2.24) is 0 Å². The molecular weight excluding hydrogens is 314 g/mol. The molecule has 0 spiro atoms. The van der Waals surface area contributed by atoms with Crippen molar-refractivity contribution in [2.45, 2.75) is 58.8 Å². The lowest BCUT2D eigenvalue weighted by Crippen LogP contribution is -2.33. The highest BCUT2D eigenvalue weighted by atomic mass is 14.9. The van der Waals surface area contributed by atoms with E-state index in [0.29, 0.717) is 5.92 Å². The van der Waals surface area contributed by atoms with E-state index in [9.17, 15) is 0 Å². The molecule has 0 N–H and O–H groups in total. The van der Waals surface area contributed by atoms with Gasteiger partial charge in [0.1, 0.15) is 7.05 Å². The Morgan fingerprint density at radius 1 is 0.885 bits per heavy atom. The Kier molecular flexibility index (Phi) is 4.56. The summed E-state index contributed by atoms with van der Waals surface area (Å²) < 4.78 is 2.39. The van der Waals surface area contributed by atoms with E-state index in [1.807, 2.05) is 0 Å². The van der Waals surface area contributed by atoms with Crippen molar-refractivity contribution < 1.29 is 4.57 Å². The average molecular weight is 345 g/mol. The summed E-state index contributed by atoms with van der Waals surface area (Å²) in [7, 11) is 2.22. The van der Waals surface area contributed by atoms with E-state index in [2.05, 4.69) is 74.9 Å². The fraction of sp³-hybridized carbons (Fsp3) is 0.400. The van der Waals surface area contributed by atoms with Crippen molar-refractivity contribution in [2.24, 2.45) is 7.05 Å². The van der Waals surface area contributed by atoms with Crippen LogP contribution < -0.4 is 4.57 Å². The molecule has 4 rings (SSSR count). The predicted octanol–water partition coefficient (Wildman–Crippen LogP) is 6.30. The maximum atomic E-state index is 2.50. The van der Waals surface area contributed by atoms with Gasteiger partial charge in [0, 0.05) is 23.1 Å². The highest BCUT2D eigenvalue weighted by molar-refractivity contribution is 5.82. The SMILES string of the molecule is Cc1cc(C)c(C)c(-c2cc(C3CCCCC3)c3ccccc3[n+]2C)c1. The van der Waals surface area contributed by atoms with Gasteiger partial charge in [0.25, 0.3) is 0 Å². The number of nitrogens with zero attached hydrogens (tertiary/aromatic N) is 1. The largest absolute Gasteiger partial charge is 0.213 e. The third-order valence-corrected chi connectivity index (χ3v) is 6.36. The molecule has 0 radical (unpaired) electrons. The molecule has 0 atom stereocenters. The van der Waals surface area contributed by atoms with Gasteiger partial charge in [-0.05, 0) is 68.4 Å². The molecule has 26 heavy (non-hydrogen) atoms. The van der Waals surface area contributed by atoms with E-state index in [0.717, 1.165) is 0 Å². The summed E-state index contributed by atoms with van der Waals surface area (Å²) in [5.41, 5.74) is 9.77. The molecule has 134 valence electrons. The number of benzene rings is 2. The topological polar surface area (TPSA) is 3.88 Å². The van der Waals surface area contributed by atoms with Crippen LogP contribution in [-0.4, -0.2) is 0 Å². The summed E-state index contributed by atoms with van der Waals surface area (Å²) in [4.78, 5) is 0. The van der Waals surface area contributed by atoms with Crippen LogP contribution >= 0.6 is 0 Å². The first-order valence-electron chi connectivity index (χ1n) is 10.1. The maximum absolute atomic E-state index is 2.50. The molecule has 1 fully saturated rings. The maximum Gasteiger partial charge on any atom is 0.213 e. The van der Waals surface area contributed by atoms with Crippen molar-refractivity contribution in [3.63, 3.8) is 0 Å². The third-order valence-electron chi connectivity index (χ3n) is 6.36. The number of rotatable bonds is 2. The van der Waals surface area contributed by atoms with Gasteiger partial charge in [-0.15, -0.1) is 0 Å². The van der Waals surface area contributed by atoms with Crippen LogP contribution in [0.3, 0.4) is 0 Å². The molecule has 1 heteroatoms. The fourth-order valence-electron chi connectivity index (χ4n) is 4.78. The van der Waals surface area contributed by atoms with Crippen LogP contribution in [0.4, 0.5) is 0 Å². The number of aryl methyl sites for hydroxylation is 3. The Hall–Kier alpha value is -2.15. The van der Waals surface area contributed by atoms with Crippen LogP contribution in [-0.2, 0) is 7.05 Å². The molecule has 1 heterocycles. The summed E-state index contributed by atoms with van der Waals surface area (Å²) in [6.07, 6.45) is 6.82. The lowest BCUT2D eigenvalue weighted by Gasteiger charge is -2.23. The second-order valence-corrected chi connectivity index (χ2v) is 8.15. The van der Waals surface area contributed by atoms with Gasteiger partial charge in [-0.25, -0.2) is 0 Å². The second kappa shape index (κ2) is 6.87. The number of hydrogen-bond acceptors (Lipinski definition) is 0. The summed E-state index contributed by atoms with van der Waals surface area (Å²) in [5, 5.41) is 1.44. The molecule has 0 aliphatic heterocycles. The van der Waals surface area contributed by atoms with Crippen molar-refractivity contribution in [1.29, 1.82) is 0 Å². The van der Waals surface area contributed by atoms with E-state index < -0.39 is 0 Å². The van der Waals surface area contributed by atoms with Gasteiger partial charge in [0.05, 0.1) is 0 Å². The minimum Gasteiger partial charge on any atom is -0.194 e. The highest BCUT2D eigenvalue weighted by Gasteiger charge is 2.25. The minimum absolute atomic E-state index is 0.708. The smallest absolute Gasteiger partial charge is 0.194 e. The van der Waals surface area contributed by atoms with E-state index in [1.165, 1.54) is 71.0 Å². The van der Waals surface area contributed by atoms with Gasteiger partial charge in [-0.2, -0.15) is 4.57 Å². The first-order valence-corrected chi connectivity index (χ1v) is 10.1. The Balaban J connectivity index is 2.00. The van der Waals surface area contributed by atoms with Crippen molar-refractivity contribution in [2.75, 3.05) is 0 Å². The summed E-state index contributed by atoms with van der Waals surface area (Å²) in [6, 6.07) is 16.1. The van der Waals surface area contributed by atoms with Crippen LogP contribution in [0.15, 0.2) is 42.5 Å². The zero-order valence-electron chi connectivity index (χ0n) is 16.6. The van der Waals surface area contributed by atoms with Crippen LogP contribution in [0.2, 0.25) is 0 Å². The third kappa shape index (κ3) is 2.94. The summed E-state index contributed by atoms with van der Waals surface area (Å²) >= 11 is 0. The van der Waals surface area contributed by atoms with Crippen molar-refractivity contribution in [3.8, 4) is 11.3 Å². The number of hydrogen-bond donors (Lipinski definition) is 0. The van der Waals surface area contributed by atoms with Gasteiger partial charge in [0.15, 0.2) is 0 Å².